The van der Waals surface area contributed by atoms with Crippen LogP contribution in [0.15, 0.2) is 40.3 Å². The fraction of sp³-hybridized carbons (Fsp3) is 0.733. The van der Waals surface area contributed by atoms with Crippen LogP contribution in [0.5, 0.6) is 0 Å². The Hall–Kier alpha value is 0.857. The molecule has 5 heteroatoms. The summed E-state index contributed by atoms with van der Waals surface area (Å²) in [5, 5.41) is 4.11. The van der Waals surface area contributed by atoms with Gasteiger partial charge in [-0.3, -0.25) is 0 Å². The summed E-state index contributed by atoms with van der Waals surface area (Å²) >= 11 is -0.709. The fourth-order valence-electron chi connectivity index (χ4n) is 7.35. The smallest absolute Gasteiger partial charge is 1.00 e. The molecule has 0 radical (unpaired) electrons. The Labute approximate surface area is 243 Å². The zero-order valence-electron chi connectivity index (χ0n) is 23.1. The first-order valence-electron chi connectivity index (χ1n) is 14.8. The van der Waals surface area contributed by atoms with E-state index in [4.69, 9.17) is 0 Å². The summed E-state index contributed by atoms with van der Waals surface area (Å²) in [6, 6.07) is 9.65. The molecule has 0 spiro atoms. The van der Waals surface area contributed by atoms with Crippen molar-refractivity contribution >= 4 is 16.1 Å². The third kappa shape index (κ3) is 6.72. The van der Waals surface area contributed by atoms with Gasteiger partial charge in [0.1, 0.15) is 0 Å². The molecule has 2 saturated heterocycles. The number of hydrogen-bond acceptors (Lipinski definition) is 0. The van der Waals surface area contributed by atoms with Gasteiger partial charge in [0.2, 0.25) is 0 Å². The van der Waals surface area contributed by atoms with Gasteiger partial charge in [-0.25, -0.2) is 0 Å². The van der Waals surface area contributed by atoms with Crippen molar-refractivity contribution in [3.63, 3.8) is 0 Å². The predicted molar refractivity (Wildman–Crippen MR) is 149 cm³/mol. The second-order valence-corrected chi connectivity index (χ2v) is 24.0. The van der Waals surface area contributed by atoms with Crippen LogP contribution in [0, 0.1) is 0 Å². The molecule has 196 valence electrons. The Bertz CT molecular complexity index is 763. The molecule has 0 aromatic carbocycles. The number of halogens is 2. The molecule has 0 atom stereocenters. The second kappa shape index (κ2) is 14.9. The molecule has 35 heavy (non-hydrogen) atoms. The maximum atomic E-state index is 2.83. The van der Waals surface area contributed by atoms with Crippen LogP contribution in [-0.4, -0.2) is 16.1 Å². The fourth-order valence-corrected chi connectivity index (χ4v) is 25.2. The third-order valence-corrected chi connectivity index (χ3v) is 26.4. The minimum absolute atomic E-state index is 0. The van der Waals surface area contributed by atoms with Crippen molar-refractivity contribution in [3.8, 4) is 0 Å². The second-order valence-electron chi connectivity index (χ2n) is 11.7. The zero-order valence-corrected chi connectivity index (χ0v) is 29.1. The summed E-state index contributed by atoms with van der Waals surface area (Å²) in [6.07, 6.45) is 22.6. The molecule has 0 aromatic rings. The summed E-state index contributed by atoms with van der Waals surface area (Å²) in [6.45, 7) is 9.71. The topological polar surface area (TPSA) is 0 Å². The van der Waals surface area contributed by atoms with Gasteiger partial charge in [0, 0.05) is 0 Å². The molecule has 4 rings (SSSR count). The van der Waals surface area contributed by atoms with E-state index in [9.17, 15) is 0 Å². The SMILES string of the molecule is CCCCC1=[C]([Zr+2][C]2=C(CCCC)CC=C2[Si]2(CCC)CCC2)C([Si]2(CCC)CCC2)=CC1.[Cl-].[Cl-]. The van der Waals surface area contributed by atoms with Crippen LogP contribution in [0.4, 0.5) is 0 Å². The van der Waals surface area contributed by atoms with Crippen LogP contribution in [0.25, 0.3) is 0 Å². The largest absolute Gasteiger partial charge is 1.00 e. The van der Waals surface area contributed by atoms with Gasteiger partial charge >= 0.3 is 221 Å². The Morgan fingerprint density at radius 2 is 1.03 bits per heavy atom. The molecule has 0 amide bonds. The molecule has 2 fully saturated rings. The first-order valence-corrected chi connectivity index (χ1v) is 22.5. The number of hydrogen-bond donors (Lipinski definition) is 0. The van der Waals surface area contributed by atoms with Gasteiger partial charge in [0.25, 0.3) is 0 Å². The molecule has 2 aliphatic carbocycles. The molecule has 0 unspecified atom stereocenters. The summed E-state index contributed by atoms with van der Waals surface area (Å²) in [5.41, 5.74) is 3.89. The summed E-state index contributed by atoms with van der Waals surface area (Å²) in [4.78, 5) is 0. The average molecular weight is 629 g/mol. The van der Waals surface area contributed by atoms with E-state index in [-0.39, 0.29) is 24.8 Å². The van der Waals surface area contributed by atoms with Crippen LogP contribution < -0.4 is 24.8 Å². The van der Waals surface area contributed by atoms with Gasteiger partial charge < -0.3 is 24.8 Å². The monoisotopic (exact) mass is 626 g/mol. The Morgan fingerprint density at radius 1 is 0.629 bits per heavy atom. The van der Waals surface area contributed by atoms with Crippen molar-refractivity contribution in [2.24, 2.45) is 0 Å². The van der Waals surface area contributed by atoms with E-state index in [1.165, 1.54) is 77.0 Å². The van der Waals surface area contributed by atoms with E-state index in [1.54, 1.807) is 36.3 Å². The quantitative estimate of drug-likeness (QED) is 0.253. The number of rotatable bonds is 14. The summed E-state index contributed by atoms with van der Waals surface area (Å²) in [5.74, 6) is 0. The molecule has 4 aliphatic rings. The van der Waals surface area contributed by atoms with Gasteiger partial charge in [-0.05, 0) is 0 Å². The van der Waals surface area contributed by atoms with E-state index in [0.29, 0.717) is 0 Å². The first-order chi connectivity index (χ1) is 16.1. The standard InChI is InChI=1S/2C15H25Si.2ClH.Zr/c2*1-3-5-7-14-8-9-15(13-14)16(10-4-2)11-6-12-16;;;/h2*9H,3-8,10-12H2,1-2H3;2*1H;/q;;;;+2/p-2. The van der Waals surface area contributed by atoms with Crippen LogP contribution in [0.1, 0.15) is 105 Å². The van der Waals surface area contributed by atoms with Gasteiger partial charge in [0.15, 0.2) is 0 Å². The molecule has 0 bridgehead atoms. The van der Waals surface area contributed by atoms with Crippen LogP contribution in [0.3, 0.4) is 0 Å². The van der Waals surface area contributed by atoms with E-state index in [2.05, 4.69) is 56.8 Å². The maximum absolute atomic E-state index is 2.83. The van der Waals surface area contributed by atoms with E-state index in [0.717, 1.165) is 0 Å². The predicted octanol–water partition coefficient (Wildman–Crippen LogP) is 4.23. The molecular formula is C30H50Cl2Si2Zr. The number of allylic oxidation sites excluding steroid dienone is 8. The van der Waals surface area contributed by atoms with Crippen LogP contribution >= 0.6 is 0 Å². The first kappa shape index (κ1) is 32.1. The van der Waals surface area contributed by atoms with E-state index in [1.807, 2.05) is 11.1 Å². The van der Waals surface area contributed by atoms with E-state index >= 15 is 0 Å². The summed E-state index contributed by atoms with van der Waals surface area (Å²) < 4.78 is 4.17. The van der Waals surface area contributed by atoms with Crippen molar-refractivity contribution in [2.75, 3.05) is 0 Å². The molecule has 2 aliphatic heterocycles. The maximum Gasteiger partial charge on any atom is -1.00 e. The third-order valence-electron chi connectivity index (χ3n) is 9.49. The van der Waals surface area contributed by atoms with Crippen LogP contribution in [0.2, 0.25) is 36.3 Å². The summed E-state index contributed by atoms with van der Waals surface area (Å²) in [7, 11) is -2.27. The van der Waals surface area contributed by atoms with E-state index < -0.39 is 39.4 Å². The molecule has 0 N–H and O–H groups in total. The van der Waals surface area contributed by atoms with Crippen LogP contribution in [-0.2, 0) is 23.2 Å². The molecular weight excluding hydrogens is 579 g/mol. The zero-order chi connectivity index (χ0) is 23.3. The Kier molecular flexibility index (Phi) is 13.6. The Balaban J connectivity index is 0.00000216. The van der Waals surface area contributed by atoms with Crippen molar-refractivity contribution < 1.29 is 48.0 Å². The van der Waals surface area contributed by atoms with Gasteiger partial charge in [-0.1, -0.05) is 0 Å². The van der Waals surface area contributed by atoms with Crippen molar-refractivity contribution in [3.05, 3.63) is 40.3 Å². The minimum Gasteiger partial charge on any atom is -1.00 e. The molecule has 0 aromatic heterocycles. The van der Waals surface area contributed by atoms with Crippen molar-refractivity contribution in [2.45, 2.75) is 141 Å². The van der Waals surface area contributed by atoms with Crippen molar-refractivity contribution in [1.29, 1.82) is 0 Å². The van der Waals surface area contributed by atoms with Crippen molar-refractivity contribution in [1.82, 2.24) is 0 Å². The normalized spacial score (nSPS) is 21.9. The molecule has 2 heterocycles. The number of unbranched alkanes of at least 4 members (excludes halogenated alkanes) is 2. The van der Waals surface area contributed by atoms with Gasteiger partial charge in [-0.2, -0.15) is 0 Å². The molecule has 0 nitrogen and oxygen atoms in total. The van der Waals surface area contributed by atoms with Gasteiger partial charge in [0.05, 0.1) is 0 Å². The minimum atomic E-state index is -1.14. The Morgan fingerprint density at radius 3 is 1.31 bits per heavy atom. The van der Waals surface area contributed by atoms with Gasteiger partial charge in [-0.15, -0.1) is 0 Å². The molecule has 0 saturated carbocycles. The average Bonchev–Trinajstić information content (AvgIpc) is 3.35.